The van der Waals surface area contributed by atoms with E-state index in [1.807, 2.05) is 0 Å². The van der Waals surface area contributed by atoms with Crippen molar-refractivity contribution in [3.05, 3.63) is 40.0 Å². The summed E-state index contributed by atoms with van der Waals surface area (Å²) in [6, 6.07) is 4.29. The first kappa shape index (κ1) is 13.8. The quantitative estimate of drug-likeness (QED) is 0.861. The molecule has 100 valence electrons. The van der Waals surface area contributed by atoms with Crippen molar-refractivity contribution in [1.82, 2.24) is 4.90 Å². The highest BCUT2D eigenvalue weighted by Gasteiger charge is 2.34. The van der Waals surface area contributed by atoms with Gasteiger partial charge >= 0.3 is 0 Å². The Kier molecular flexibility index (Phi) is 4.01. The molecule has 1 aromatic rings. The number of thioether (sulfide) groups is 1. The van der Waals surface area contributed by atoms with E-state index in [9.17, 15) is 14.0 Å². The second-order valence-electron chi connectivity index (χ2n) is 4.12. The van der Waals surface area contributed by atoms with Crippen molar-refractivity contribution >= 4 is 29.0 Å². The van der Waals surface area contributed by atoms with E-state index >= 15 is 0 Å². The lowest BCUT2D eigenvalue weighted by Crippen LogP contribution is -2.33. The van der Waals surface area contributed by atoms with E-state index in [0.29, 0.717) is 10.5 Å². The van der Waals surface area contributed by atoms with Gasteiger partial charge in [0.05, 0.1) is 4.91 Å². The van der Waals surface area contributed by atoms with Gasteiger partial charge in [0.15, 0.2) is 0 Å². The van der Waals surface area contributed by atoms with Crippen LogP contribution < -0.4 is 5.73 Å². The van der Waals surface area contributed by atoms with Gasteiger partial charge in [-0.15, -0.1) is 0 Å². The zero-order valence-electron chi connectivity index (χ0n) is 10.4. The minimum absolute atomic E-state index is 0.213. The Morgan fingerprint density at radius 1 is 1.42 bits per heavy atom. The third-order valence-electron chi connectivity index (χ3n) is 2.74. The average molecular weight is 280 g/mol. The van der Waals surface area contributed by atoms with Crippen LogP contribution in [0.5, 0.6) is 0 Å². The van der Waals surface area contributed by atoms with Gasteiger partial charge in [-0.05, 0) is 48.0 Å². The molecule has 19 heavy (non-hydrogen) atoms. The number of carbonyl (C=O) groups excluding carboxylic acids is 2. The molecule has 0 aliphatic carbocycles. The number of nitrogens with two attached hydrogens (primary N) is 1. The minimum atomic E-state index is -0.343. The van der Waals surface area contributed by atoms with Gasteiger partial charge in [-0.1, -0.05) is 6.07 Å². The molecule has 2 amide bonds. The molecule has 2 N–H and O–H groups in total. The third kappa shape index (κ3) is 2.85. The zero-order chi connectivity index (χ0) is 14.0. The predicted molar refractivity (Wildman–Crippen MR) is 72.9 cm³/mol. The largest absolute Gasteiger partial charge is 0.329 e. The van der Waals surface area contributed by atoms with Crippen molar-refractivity contribution < 1.29 is 14.0 Å². The molecule has 0 aromatic heterocycles. The van der Waals surface area contributed by atoms with Crippen molar-refractivity contribution in [2.75, 3.05) is 13.1 Å². The molecule has 2 rings (SSSR count). The van der Waals surface area contributed by atoms with E-state index in [2.05, 4.69) is 0 Å². The number of imide groups is 1. The van der Waals surface area contributed by atoms with E-state index in [-0.39, 0.29) is 30.1 Å². The summed E-state index contributed by atoms with van der Waals surface area (Å²) in [5.41, 5.74) is 6.79. The summed E-state index contributed by atoms with van der Waals surface area (Å²) in [5, 5.41) is -0.318. The standard InChI is InChI=1S/C13H13FN2O2S/c1-8-6-10(14)3-2-9(8)7-11-12(17)16(5-4-15)13(18)19-11/h2-3,6-7H,4-5,15H2,1H3. The van der Waals surface area contributed by atoms with Crippen molar-refractivity contribution in [1.29, 1.82) is 0 Å². The molecule has 0 bridgehead atoms. The van der Waals surface area contributed by atoms with Crippen LogP contribution in [-0.2, 0) is 4.79 Å². The van der Waals surface area contributed by atoms with Crippen molar-refractivity contribution in [3.8, 4) is 0 Å². The SMILES string of the molecule is Cc1cc(F)ccc1C=C1SC(=O)N(CCN)C1=O. The van der Waals surface area contributed by atoms with Crippen molar-refractivity contribution in [3.63, 3.8) is 0 Å². The molecular weight excluding hydrogens is 267 g/mol. The Labute approximate surface area is 114 Å². The van der Waals surface area contributed by atoms with E-state index in [1.54, 1.807) is 19.1 Å². The Morgan fingerprint density at radius 2 is 2.16 bits per heavy atom. The van der Waals surface area contributed by atoms with Gasteiger partial charge in [0.2, 0.25) is 0 Å². The van der Waals surface area contributed by atoms with Gasteiger partial charge in [0, 0.05) is 13.1 Å². The smallest absolute Gasteiger partial charge is 0.293 e. The summed E-state index contributed by atoms with van der Waals surface area (Å²) in [5.74, 6) is -0.671. The van der Waals surface area contributed by atoms with Gasteiger partial charge in [0.1, 0.15) is 5.82 Å². The predicted octanol–water partition coefficient (Wildman–Crippen LogP) is 2.13. The first-order chi connectivity index (χ1) is 9.02. The molecule has 0 atom stereocenters. The molecular formula is C13H13FN2O2S. The lowest BCUT2D eigenvalue weighted by atomic mass is 10.1. The topological polar surface area (TPSA) is 63.4 Å². The van der Waals surface area contributed by atoms with Gasteiger partial charge in [-0.2, -0.15) is 0 Å². The summed E-state index contributed by atoms with van der Waals surface area (Å²) in [6.45, 7) is 2.20. The Balaban J connectivity index is 2.30. The lowest BCUT2D eigenvalue weighted by molar-refractivity contribution is -0.122. The van der Waals surface area contributed by atoms with Crippen LogP contribution in [0.25, 0.3) is 6.08 Å². The van der Waals surface area contributed by atoms with Crippen molar-refractivity contribution in [2.45, 2.75) is 6.92 Å². The number of amides is 2. The molecule has 1 aliphatic heterocycles. The number of hydrogen-bond donors (Lipinski definition) is 1. The number of aryl methyl sites for hydroxylation is 1. The first-order valence-electron chi connectivity index (χ1n) is 5.74. The number of rotatable bonds is 3. The maximum atomic E-state index is 13.0. The minimum Gasteiger partial charge on any atom is -0.329 e. The summed E-state index contributed by atoms with van der Waals surface area (Å²) < 4.78 is 13.0. The number of carbonyl (C=O) groups is 2. The van der Waals surface area contributed by atoms with Crippen molar-refractivity contribution in [2.24, 2.45) is 5.73 Å². The van der Waals surface area contributed by atoms with Gasteiger partial charge < -0.3 is 5.73 Å². The Bertz CT molecular complexity index is 572. The van der Waals surface area contributed by atoms with Crippen LogP contribution in [0.2, 0.25) is 0 Å². The highest BCUT2D eigenvalue weighted by molar-refractivity contribution is 8.18. The second kappa shape index (κ2) is 5.54. The van der Waals surface area contributed by atoms with Crippen LogP contribution in [0.3, 0.4) is 0 Å². The molecule has 4 nitrogen and oxygen atoms in total. The summed E-state index contributed by atoms with van der Waals surface area (Å²) in [6.07, 6.45) is 1.61. The fourth-order valence-electron chi connectivity index (χ4n) is 1.76. The fourth-order valence-corrected chi connectivity index (χ4v) is 2.62. The molecule has 0 spiro atoms. The molecule has 1 aliphatic rings. The molecule has 1 aromatic carbocycles. The Morgan fingerprint density at radius 3 is 2.79 bits per heavy atom. The molecule has 6 heteroatoms. The molecule has 0 saturated carbocycles. The first-order valence-corrected chi connectivity index (χ1v) is 6.56. The maximum absolute atomic E-state index is 13.0. The number of benzene rings is 1. The molecule has 1 heterocycles. The van der Waals surface area contributed by atoms with Crippen LogP contribution in [0.1, 0.15) is 11.1 Å². The summed E-state index contributed by atoms with van der Waals surface area (Å²) in [7, 11) is 0. The third-order valence-corrected chi connectivity index (χ3v) is 3.65. The van der Waals surface area contributed by atoms with Crippen LogP contribution in [0, 0.1) is 12.7 Å². The summed E-state index contributed by atoms with van der Waals surface area (Å²) >= 11 is 0.879. The van der Waals surface area contributed by atoms with Crippen LogP contribution >= 0.6 is 11.8 Å². The monoisotopic (exact) mass is 280 g/mol. The Hall–Kier alpha value is -1.66. The number of nitrogens with zero attached hydrogens (tertiary/aromatic N) is 1. The van der Waals surface area contributed by atoms with Gasteiger partial charge in [0.25, 0.3) is 11.1 Å². The molecule has 0 radical (unpaired) electrons. The normalized spacial score (nSPS) is 17.6. The lowest BCUT2D eigenvalue weighted by Gasteiger charge is -2.09. The van der Waals surface area contributed by atoms with E-state index in [0.717, 1.165) is 22.2 Å². The van der Waals surface area contributed by atoms with Crippen LogP contribution in [-0.4, -0.2) is 29.1 Å². The van der Waals surface area contributed by atoms with E-state index in [1.165, 1.54) is 12.1 Å². The van der Waals surface area contributed by atoms with Crippen LogP contribution in [0.15, 0.2) is 23.1 Å². The van der Waals surface area contributed by atoms with Gasteiger partial charge in [-0.3, -0.25) is 14.5 Å². The highest BCUT2D eigenvalue weighted by atomic mass is 32.2. The number of hydrogen-bond acceptors (Lipinski definition) is 4. The van der Waals surface area contributed by atoms with Crippen LogP contribution in [0.4, 0.5) is 9.18 Å². The van der Waals surface area contributed by atoms with Gasteiger partial charge in [-0.25, -0.2) is 4.39 Å². The van der Waals surface area contributed by atoms with E-state index < -0.39 is 0 Å². The molecule has 1 saturated heterocycles. The number of halogens is 1. The zero-order valence-corrected chi connectivity index (χ0v) is 11.2. The van der Waals surface area contributed by atoms with E-state index in [4.69, 9.17) is 5.73 Å². The fraction of sp³-hybridized carbons (Fsp3) is 0.231. The molecule has 1 fully saturated rings. The maximum Gasteiger partial charge on any atom is 0.293 e. The highest BCUT2D eigenvalue weighted by Crippen LogP contribution is 2.32. The molecule has 0 unspecified atom stereocenters. The summed E-state index contributed by atoms with van der Waals surface area (Å²) in [4.78, 5) is 25.1. The second-order valence-corrected chi connectivity index (χ2v) is 5.12. The average Bonchev–Trinajstić information content (AvgIpc) is 2.61.